The first-order valence-corrected chi connectivity index (χ1v) is 10.5. The maximum Gasteiger partial charge on any atom is 0.265 e. The zero-order chi connectivity index (χ0) is 20.1. The van der Waals surface area contributed by atoms with Crippen LogP contribution < -0.4 is 10.6 Å². The SMILES string of the molecule is O=C(Cc1csc(-c2cccnc2)n1)Nc1ccc(NC(=O)c2cccs2)cc1. The molecule has 144 valence electrons. The molecule has 8 heteroatoms. The minimum absolute atomic E-state index is 0.148. The Morgan fingerprint density at radius 1 is 0.931 bits per heavy atom. The minimum Gasteiger partial charge on any atom is -0.326 e. The number of thiazole rings is 1. The maximum atomic E-state index is 12.3. The lowest BCUT2D eigenvalue weighted by Crippen LogP contribution is -2.15. The fraction of sp³-hybridized carbons (Fsp3) is 0.0476. The Morgan fingerprint density at radius 3 is 2.41 bits per heavy atom. The lowest BCUT2D eigenvalue weighted by molar-refractivity contribution is -0.115. The molecule has 0 aliphatic carbocycles. The van der Waals surface area contributed by atoms with Gasteiger partial charge in [-0.2, -0.15) is 0 Å². The van der Waals surface area contributed by atoms with Crippen LogP contribution in [0.25, 0.3) is 10.6 Å². The van der Waals surface area contributed by atoms with Gasteiger partial charge in [-0.25, -0.2) is 4.98 Å². The van der Waals surface area contributed by atoms with E-state index in [-0.39, 0.29) is 18.2 Å². The Hall–Kier alpha value is -3.36. The van der Waals surface area contributed by atoms with Crippen LogP contribution in [0.15, 0.2) is 71.7 Å². The first kappa shape index (κ1) is 19.0. The number of nitrogens with zero attached hydrogens (tertiary/aromatic N) is 2. The number of thiophene rings is 1. The molecule has 0 unspecified atom stereocenters. The summed E-state index contributed by atoms with van der Waals surface area (Å²) in [5.74, 6) is -0.298. The molecule has 0 bridgehead atoms. The van der Waals surface area contributed by atoms with Crippen molar-refractivity contribution in [2.45, 2.75) is 6.42 Å². The molecule has 2 amide bonds. The third kappa shape index (κ3) is 4.92. The number of pyridine rings is 1. The quantitative estimate of drug-likeness (QED) is 0.474. The van der Waals surface area contributed by atoms with Crippen molar-refractivity contribution in [3.8, 4) is 10.6 Å². The van der Waals surface area contributed by atoms with Gasteiger partial charge in [0, 0.05) is 34.7 Å². The van der Waals surface area contributed by atoms with Crippen LogP contribution in [0.3, 0.4) is 0 Å². The highest BCUT2D eigenvalue weighted by molar-refractivity contribution is 7.13. The van der Waals surface area contributed by atoms with Crippen LogP contribution >= 0.6 is 22.7 Å². The van der Waals surface area contributed by atoms with Crippen LogP contribution in [-0.4, -0.2) is 21.8 Å². The predicted molar refractivity (Wildman–Crippen MR) is 116 cm³/mol. The van der Waals surface area contributed by atoms with Crippen molar-refractivity contribution in [3.63, 3.8) is 0 Å². The molecule has 1 aromatic carbocycles. The molecule has 0 spiro atoms. The van der Waals surface area contributed by atoms with Gasteiger partial charge in [0.2, 0.25) is 5.91 Å². The molecule has 0 saturated carbocycles. The monoisotopic (exact) mass is 420 g/mol. The van der Waals surface area contributed by atoms with Crippen molar-refractivity contribution in [3.05, 3.63) is 82.3 Å². The van der Waals surface area contributed by atoms with Crippen LogP contribution in [-0.2, 0) is 11.2 Å². The third-order valence-electron chi connectivity index (χ3n) is 3.97. The number of rotatable bonds is 6. The van der Waals surface area contributed by atoms with E-state index >= 15 is 0 Å². The number of aromatic nitrogens is 2. The van der Waals surface area contributed by atoms with E-state index < -0.39 is 0 Å². The standard InChI is InChI=1S/C21H16N4O2S2/c26-19(11-17-13-29-21(25-17)14-3-1-9-22-12-14)23-15-5-7-16(8-6-15)24-20(27)18-4-2-10-28-18/h1-10,12-13H,11H2,(H,23,26)(H,24,27). The number of carbonyl (C=O) groups is 2. The van der Waals surface area contributed by atoms with E-state index in [0.29, 0.717) is 21.9 Å². The lowest BCUT2D eigenvalue weighted by atomic mass is 10.2. The first-order chi connectivity index (χ1) is 14.2. The molecule has 0 atom stereocenters. The van der Waals surface area contributed by atoms with E-state index in [4.69, 9.17) is 0 Å². The second-order valence-electron chi connectivity index (χ2n) is 6.12. The third-order valence-corrected chi connectivity index (χ3v) is 5.78. The normalized spacial score (nSPS) is 10.5. The molecule has 3 heterocycles. The summed E-state index contributed by atoms with van der Waals surface area (Å²) in [6.45, 7) is 0. The second kappa shape index (κ2) is 8.76. The van der Waals surface area contributed by atoms with Gasteiger partial charge >= 0.3 is 0 Å². The predicted octanol–water partition coefficient (Wildman–Crippen LogP) is 4.70. The highest BCUT2D eigenvalue weighted by atomic mass is 32.1. The number of hydrogen-bond donors (Lipinski definition) is 2. The molecule has 4 aromatic rings. The zero-order valence-corrected chi connectivity index (χ0v) is 16.8. The fourth-order valence-electron chi connectivity index (χ4n) is 2.62. The van der Waals surface area contributed by atoms with Crippen molar-refractivity contribution in [1.82, 2.24) is 9.97 Å². The van der Waals surface area contributed by atoms with Crippen LogP contribution in [0.1, 0.15) is 15.4 Å². The van der Waals surface area contributed by atoms with E-state index in [1.807, 2.05) is 29.0 Å². The minimum atomic E-state index is -0.150. The summed E-state index contributed by atoms with van der Waals surface area (Å²) in [5, 5.41) is 10.3. The van der Waals surface area contributed by atoms with Gasteiger partial charge in [0.25, 0.3) is 5.91 Å². The number of carbonyl (C=O) groups excluding carboxylic acids is 2. The van der Waals surface area contributed by atoms with E-state index in [9.17, 15) is 9.59 Å². The maximum absolute atomic E-state index is 12.3. The van der Waals surface area contributed by atoms with Crippen molar-refractivity contribution in [2.75, 3.05) is 10.6 Å². The first-order valence-electron chi connectivity index (χ1n) is 8.77. The number of hydrogen-bond acceptors (Lipinski definition) is 6. The second-order valence-corrected chi connectivity index (χ2v) is 7.93. The Labute approximate surface area is 175 Å². The van der Waals surface area contributed by atoms with Crippen molar-refractivity contribution in [2.24, 2.45) is 0 Å². The molecule has 0 radical (unpaired) electrons. The van der Waals surface area contributed by atoms with Crippen molar-refractivity contribution < 1.29 is 9.59 Å². The molecule has 29 heavy (non-hydrogen) atoms. The van der Waals surface area contributed by atoms with Gasteiger partial charge in [-0.15, -0.1) is 22.7 Å². The molecule has 6 nitrogen and oxygen atoms in total. The molecule has 4 rings (SSSR count). The summed E-state index contributed by atoms with van der Waals surface area (Å²) < 4.78 is 0. The Kier molecular flexibility index (Phi) is 5.73. The molecule has 0 aliphatic rings. The highest BCUT2D eigenvalue weighted by Gasteiger charge is 2.10. The van der Waals surface area contributed by atoms with E-state index in [1.54, 1.807) is 42.7 Å². The largest absolute Gasteiger partial charge is 0.326 e. The molecular weight excluding hydrogens is 404 g/mol. The summed E-state index contributed by atoms with van der Waals surface area (Å²) in [4.78, 5) is 33.6. The van der Waals surface area contributed by atoms with Gasteiger partial charge in [-0.05, 0) is 47.8 Å². The van der Waals surface area contributed by atoms with Gasteiger partial charge in [0.15, 0.2) is 0 Å². The van der Waals surface area contributed by atoms with E-state index in [0.717, 1.165) is 10.6 Å². The van der Waals surface area contributed by atoms with Gasteiger partial charge in [-0.1, -0.05) is 6.07 Å². The van der Waals surface area contributed by atoms with Crippen LogP contribution in [0, 0.1) is 0 Å². The number of benzene rings is 1. The van der Waals surface area contributed by atoms with Crippen LogP contribution in [0.5, 0.6) is 0 Å². The Morgan fingerprint density at radius 2 is 1.72 bits per heavy atom. The van der Waals surface area contributed by atoms with Crippen molar-refractivity contribution in [1.29, 1.82) is 0 Å². The van der Waals surface area contributed by atoms with Crippen LogP contribution in [0.4, 0.5) is 11.4 Å². The van der Waals surface area contributed by atoms with E-state index in [1.165, 1.54) is 22.7 Å². The summed E-state index contributed by atoms with van der Waals surface area (Å²) in [7, 11) is 0. The Bertz CT molecular complexity index is 1110. The molecule has 0 fully saturated rings. The number of nitrogens with one attached hydrogen (secondary N) is 2. The summed E-state index contributed by atoms with van der Waals surface area (Å²) in [6, 6.07) is 14.4. The summed E-state index contributed by atoms with van der Waals surface area (Å²) >= 11 is 2.87. The molecule has 0 aliphatic heterocycles. The van der Waals surface area contributed by atoms with Gasteiger partial charge in [0.05, 0.1) is 17.0 Å². The summed E-state index contributed by atoms with van der Waals surface area (Å²) in [6.07, 6.45) is 3.65. The van der Waals surface area contributed by atoms with Gasteiger partial charge in [-0.3, -0.25) is 14.6 Å². The van der Waals surface area contributed by atoms with Gasteiger partial charge < -0.3 is 10.6 Å². The highest BCUT2D eigenvalue weighted by Crippen LogP contribution is 2.23. The molecule has 2 N–H and O–H groups in total. The lowest BCUT2D eigenvalue weighted by Gasteiger charge is -2.07. The molecular formula is C21H16N4O2S2. The summed E-state index contributed by atoms with van der Waals surface area (Å²) in [5.41, 5.74) is 2.98. The average molecular weight is 421 g/mol. The van der Waals surface area contributed by atoms with Crippen LogP contribution in [0.2, 0.25) is 0 Å². The molecule has 0 saturated heterocycles. The number of amides is 2. The topological polar surface area (TPSA) is 84.0 Å². The van der Waals surface area contributed by atoms with Gasteiger partial charge in [0.1, 0.15) is 5.01 Å². The zero-order valence-electron chi connectivity index (χ0n) is 15.2. The Balaban J connectivity index is 1.33. The smallest absolute Gasteiger partial charge is 0.265 e. The van der Waals surface area contributed by atoms with E-state index in [2.05, 4.69) is 20.6 Å². The average Bonchev–Trinajstić information content (AvgIpc) is 3.42. The molecule has 3 aromatic heterocycles. The fourth-order valence-corrected chi connectivity index (χ4v) is 4.05. The number of anilines is 2. The van der Waals surface area contributed by atoms with Crippen molar-refractivity contribution >= 4 is 45.9 Å².